The van der Waals surface area contributed by atoms with E-state index in [1.54, 1.807) is 7.11 Å². The number of rotatable bonds is 3. The molecule has 6 heteroatoms. The van der Waals surface area contributed by atoms with Crippen LogP contribution in [0.5, 0.6) is 5.75 Å². The van der Waals surface area contributed by atoms with Gasteiger partial charge in [-0.3, -0.25) is 15.6 Å². The van der Waals surface area contributed by atoms with E-state index in [0.29, 0.717) is 34.3 Å². The zero-order valence-corrected chi connectivity index (χ0v) is 16.9. The Balaban J connectivity index is 1.63. The summed E-state index contributed by atoms with van der Waals surface area (Å²) in [4.78, 5) is 12.6. The van der Waals surface area contributed by atoms with Crippen LogP contribution in [0.2, 0.25) is 0 Å². The van der Waals surface area contributed by atoms with Gasteiger partial charge in [-0.2, -0.15) is 0 Å². The number of amides is 1. The third kappa shape index (κ3) is 4.50. The topological polar surface area (TPSA) is 62.4 Å². The van der Waals surface area contributed by atoms with Crippen molar-refractivity contribution in [3.8, 4) is 5.75 Å². The number of hydrazine groups is 1. The quantitative estimate of drug-likeness (QED) is 0.554. The highest BCUT2D eigenvalue weighted by atomic mass is 32.1. The standard InChI is InChI=1S/C21H27N3O2S/c1-13-7-6-10-18(14(13)2)22-21(27)24-23-20(25)17-11-15-8-4-5-9-16(15)12-19(17)26-3/h4-5,8-9,11-14,18H,6-7,10H2,1-3H3,(H,23,25)(H2,22,24,27)/t13-,14-,18+/m1/s1. The molecular formula is C21H27N3O2S. The molecule has 0 aromatic heterocycles. The number of fused-ring (bicyclic) bond motifs is 1. The maximum absolute atomic E-state index is 12.6. The number of hydrogen-bond acceptors (Lipinski definition) is 3. The van der Waals surface area contributed by atoms with Gasteiger partial charge in [0, 0.05) is 6.04 Å². The fraction of sp³-hybridized carbons (Fsp3) is 0.429. The van der Waals surface area contributed by atoms with E-state index < -0.39 is 0 Å². The molecule has 5 nitrogen and oxygen atoms in total. The van der Waals surface area contributed by atoms with Crippen molar-refractivity contribution in [2.24, 2.45) is 11.8 Å². The number of carbonyl (C=O) groups excluding carboxylic acids is 1. The van der Waals surface area contributed by atoms with Crippen molar-refractivity contribution in [2.75, 3.05) is 7.11 Å². The molecule has 3 atom stereocenters. The van der Waals surface area contributed by atoms with Crippen molar-refractivity contribution in [1.29, 1.82) is 0 Å². The van der Waals surface area contributed by atoms with Gasteiger partial charge in [0.2, 0.25) is 0 Å². The van der Waals surface area contributed by atoms with E-state index in [4.69, 9.17) is 17.0 Å². The number of carbonyl (C=O) groups is 1. The minimum Gasteiger partial charge on any atom is -0.496 e. The second-order valence-corrected chi connectivity index (χ2v) is 7.73. The second-order valence-electron chi connectivity index (χ2n) is 7.33. The van der Waals surface area contributed by atoms with Crippen molar-refractivity contribution in [2.45, 2.75) is 39.2 Å². The Morgan fingerprint density at radius 1 is 1.11 bits per heavy atom. The fourth-order valence-electron chi connectivity index (χ4n) is 3.74. The van der Waals surface area contributed by atoms with Gasteiger partial charge in [-0.05, 0) is 53.4 Å². The number of methoxy groups -OCH3 is 1. The first-order valence-corrected chi connectivity index (χ1v) is 9.84. The smallest absolute Gasteiger partial charge is 0.273 e. The van der Waals surface area contributed by atoms with Gasteiger partial charge in [0.15, 0.2) is 5.11 Å². The van der Waals surface area contributed by atoms with Crippen LogP contribution in [0.15, 0.2) is 36.4 Å². The summed E-state index contributed by atoms with van der Waals surface area (Å²) in [6.07, 6.45) is 3.56. The van der Waals surface area contributed by atoms with E-state index in [9.17, 15) is 4.79 Å². The first-order valence-electron chi connectivity index (χ1n) is 9.43. The molecule has 3 rings (SSSR count). The SMILES string of the molecule is COc1cc2ccccc2cc1C(=O)NNC(=S)N[C@H]1CCC[C@@H](C)[C@H]1C. The van der Waals surface area contributed by atoms with Crippen LogP contribution in [0, 0.1) is 11.8 Å². The summed E-state index contributed by atoms with van der Waals surface area (Å²) < 4.78 is 5.39. The summed E-state index contributed by atoms with van der Waals surface area (Å²) in [5.41, 5.74) is 5.97. The van der Waals surface area contributed by atoms with E-state index in [-0.39, 0.29) is 5.91 Å². The molecule has 0 unspecified atom stereocenters. The Morgan fingerprint density at radius 2 is 1.81 bits per heavy atom. The maximum Gasteiger partial charge on any atom is 0.273 e. The van der Waals surface area contributed by atoms with Gasteiger partial charge >= 0.3 is 0 Å². The van der Waals surface area contributed by atoms with Crippen molar-refractivity contribution in [3.63, 3.8) is 0 Å². The first kappa shape index (κ1) is 19.4. The molecule has 3 N–H and O–H groups in total. The van der Waals surface area contributed by atoms with Gasteiger partial charge in [0.05, 0.1) is 12.7 Å². The molecule has 0 aliphatic heterocycles. The Morgan fingerprint density at radius 3 is 2.52 bits per heavy atom. The Bertz CT molecular complexity index is 839. The summed E-state index contributed by atoms with van der Waals surface area (Å²) in [5.74, 6) is 1.47. The van der Waals surface area contributed by atoms with Crippen molar-refractivity contribution >= 4 is 34.0 Å². The molecule has 27 heavy (non-hydrogen) atoms. The number of nitrogens with one attached hydrogen (secondary N) is 3. The molecule has 0 radical (unpaired) electrons. The molecule has 1 aliphatic rings. The summed E-state index contributed by atoms with van der Waals surface area (Å²) in [6, 6.07) is 11.9. The van der Waals surface area contributed by atoms with Crippen molar-refractivity contribution < 1.29 is 9.53 Å². The monoisotopic (exact) mass is 385 g/mol. The molecule has 1 fully saturated rings. The lowest BCUT2D eigenvalue weighted by molar-refractivity contribution is 0.0940. The number of benzene rings is 2. The predicted octanol–water partition coefficient (Wildman–Crippen LogP) is 3.78. The van der Waals surface area contributed by atoms with Gasteiger partial charge in [-0.15, -0.1) is 0 Å². The van der Waals surface area contributed by atoms with E-state index in [0.717, 1.165) is 17.2 Å². The highest BCUT2D eigenvalue weighted by Crippen LogP contribution is 2.29. The molecule has 0 bridgehead atoms. The van der Waals surface area contributed by atoms with E-state index in [2.05, 4.69) is 30.0 Å². The average Bonchev–Trinajstić information content (AvgIpc) is 2.68. The number of hydrogen-bond donors (Lipinski definition) is 3. The molecule has 2 aromatic rings. The third-order valence-corrected chi connectivity index (χ3v) is 5.85. The average molecular weight is 386 g/mol. The second kappa shape index (κ2) is 8.57. The zero-order valence-electron chi connectivity index (χ0n) is 16.0. The Hall–Kier alpha value is -2.34. The van der Waals surface area contributed by atoms with Crippen LogP contribution >= 0.6 is 12.2 Å². The van der Waals surface area contributed by atoms with Crippen LogP contribution in [0.1, 0.15) is 43.5 Å². The van der Waals surface area contributed by atoms with Gasteiger partial charge in [-0.25, -0.2) is 0 Å². The Labute approximate surface area is 165 Å². The summed E-state index contributed by atoms with van der Waals surface area (Å²) >= 11 is 5.36. The van der Waals surface area contributed by atoms with Gasteiger partial charge in [-0.1, -0.05) is 51.0 Å². The normalized spacial score (nSPS) is 22.1. The molecule has 2 aromatic carbocycles. The molecular weight excluding hydrogens is 358 g/mol. The largest absolute Gasteiger partial charge is 0.496 e. The lowest BCUT2D eigenvalue weighted by atomic mass is 9.78. The predicted molar refractivity (Wildman–Crippen MR) is 113 cm³/mol. The van der Waals surface area contributed by atoms with Crippen LogP contribution in [0.4, 0.5) is 0 Å². The molecule has 144 valence electrons. The molecule has 1 amide bonds. The van der Waals surface area contributed by atoms with Crippen molar-refractivity contribution in [3.05, 3.63) is 42.0 Å². The van der Waals surface area contributed by atoms with Crippen LogP contribution in [0.25, 0.3) is 10.8 Å². The maximum atomic E-state index is 12.6. The minimum absolute atomic E-state index is 0.285. The van der Waals surface area contributed by atoms with E-state index >= 15 is 0 Å². The lowest BCUT2D eigenvalue weighted by Crippen LogP contribution is -2.52. The molecule has 0 heterocycles. The number of thiocarbonyl (C=S) groups is 1. The Kier molecular flexibility index (Phi) is 6.16. The van der Waals surface area contributed by atoms with Gasteiger partial charge in [0.25, 0.3) is 5.91 Å². The summed E-state index contributed by atoms with van der Waals surface area (Å²) in [5, 5.41) is 5.78. The van der Waals surface area contributed by atoms with Crippen LogP contribution in [0.3, 0.4) is 0 Å². The number of ether oxygens (including phenoxy) is 1. The minimum atomic E-state index is -0.285. The van der Waals surface area contributed by atoms with Crippen LogP contribution < -0.4 is 20.9 Å². The lowest BCUT2D eigenvalue weighted by Gasteiger charge is -2.35. The first-order chi connectivity index (χ1) is 13.0. The van der Waals surface area contributed by atoms with Crippen molar-refractivity contribution in [1.82, 2.24) is 16.2 Å². The molecule has 0 spiro atoms. The van der Waals surface area contributed by atoms with Gasteiger partial charge in [0.1, 0.15) is 5.75 Å². The molecule has 1 aliphatic carbocycles. The summed E-state index contributed by atoms with van der Waals surface area (Å²) in [6.45, 7) is 4.53. The van der Waals surface area contributed by atoms with Crippen LogP contribution in [-0.4, -0.2) is 24.2 Å². The van der Waals surface area contributed by atoms with E-state index in [1.165, 1.54) is 12.8 Å². The molecule has 1 saturated carbocycles. The fourth-order valence-corrected chi connectivity index (χ4v) is 3.94. The van der Waals surface area contributed by atoms with E-state index in [1.807, 2.05) is 36.4 Å². The zero-order chi connectivity index (χ0) is 19.4. The third-order valence-electron chi connectivity index (χ3n) is 5.63. The molecule has 0 saturated heterocycles. The van der Waals surface area contributed by atoms with Gasteiger partial charge < -0.3 is 10.1 Å². The highest BCUT2D eigenvalue weighted by Gasteiger charge is 2.27. The summed E-state index contributed by atoms with van der Waals surface area (Å²) in [7, 11) is 1.56. The van der Waals surface area contributed by atoms with Crippen LogP contribution in [-0.2, 0) is 0 Å². The highest BCUT2D eigenvalue weighted by molar-refractivity contribution is 7.80.